The zero-order valence-electron chi connectivity index (χ0n) is 11.1. The van der Waals surface area contributed by atoms with E-state index in [1.54, 1.807) is 0 Å². The molecule has 0 saturated carbocycles. The lowest BCUT2D eigenvalue weighted by molar-refractivity contribution is 1.30. The van der Waals surface area contributed by atoms with Gasteiger partial charge in [-0.1, -0.05) is 18.2 Å². The van der Waals surface area contributed by atoms with E-state index in [1.807, 2.05) is 36.4 Å². The fourth-order valence-electron chi connectivity index (χ4n) is 2.62. The van der Waals surface area contributed by atoms with E-state index in [9.17, 15) is 0 Å². The van der Waals surface area contributed by atoms with Gasteiger partial charge in [-0.25, -0.2) is 4.98 Å². The van der Waals surface area contributed by atoms with Crippen LogP contribution in [0.25, 0.3) is 27.6 Å². The van der Waals surface area contributed by atoms with Crippen molar-refractivity contribution in [1.29, 1.82) is 5.41 Å². The van der Waals surface area contributed by atoms with Crippen LogP contribution in [-0.2, 0) is 0 Å². The van der Waals surface area contributed by atoms with Crippen LogP contribution in [-0.4, -0.2) is 15.2 Å². The number of nitrogens with one attached hydrogen (secondary N) is 1. The molecule has 0 atom stereocenters. The summed E-state index contributed by atoms with van der Waals surface area (Å²) in [6.45, 7) is 0. The minimum atomic E-state index is 0. The Hall–Kier alpha value is -2.59. The van der Waals surface area contributed by atoms with Crippen molar-refractivity contribution >= 4 is 45.8 Å². The van der Waals surface area contributed by atoms with Crippen molar-refractivity contribution in [1.82, 2.24) is 9.38 Å². The van der Waals surface area contributed by atoms with Crippen molar-refractivity contribution in [2.45, 2.75) is 0 Å². The first kappa shape index (κ1) is 13.4. The SMILES string of the molecule is Cl.N=C(N)c1ccc2nc3ccc4ccccc4n3c2c1. The third-order valence-electron chi connectivity index (χ3n) is 3.58. The van der Waals surface area contributed by atoms with Gasteiger partial charge in [-0.2, -0.15) is 0 Å². The Kier molecular flexibility index (Phi) is 3.03. The van der Waals surface area contributed by atoms with Crippen LogP contribution in [0.5, 0.6) is 0 Å². The molecule has 5 heteroatoms. The smallest absolute Gasteiger partial charge is 0.138 e. The van der Waals surface area contributed by atoms with E-state index in [-0.39, 0.29) is 18.2 Å². The second kappa shape index (κ2) is 4.75. The Morgan fingerprint density at radius 1 is 1.00 bits per heavy atom. The van der Waals surface area contributed by atoms with E-state index in [2.05, 4.69) is 27.6 Å². The molecule has 0 fully saturated rings. The molecule has 0 unspecified atom stereocenters. The lowest BCUT2D eigenvalue weighted by Crippen LogP contribution is -2.10. The summed E-state index contributed by atoms with van der Waals surface area (Å²) in [5.41, 5.74) is 10.2. The summed E-state index contributed by atoms with van der Waals surface area (Å²) < 4.78 is 2.11. The predicted octanol–water partition coefficient (Wildman–Crippen LogP) is 3.35. The lowest BCUT2D eigenvalue weighted by Gasteiger charge is -2.03. The summed E-state index contributed by atoms with van der Waals surface area (Å²) in [5, 5.41) is 8.74. The second-order valence-electron chi connectivity index (χ2n) is 4.81. The maximum atomic E-state index is 7.58. The van der Waals surface area contributed by atoms with Gasteiger partial charge >= 0.3 is 0 Å². The van der Waals surface area contributed by atoms with Crippen LogP contribution in [0.1, 0.15) is 5.56 Å². The number of fused-ring (bicyclic) bond motifs is 5. The number of aromatic nitrogens is 2. The van der Waals surface area contributed by atoms with Crippen LogP contribution in [0.15, 0.2) is 54.6 Å². The molecule has 2 aromatic heterocycles. The van der Waals surface area contributed by atoms with Crippen LogP contribution in [0.4, 0.5) is 0 Å². The fraction of sp³-hybridized carbons (Fsp3) is 0. The summed E-state index contributed by atoms with van der Waals surface area (Å²) >= 11 is 0. The van der Waals surface area contributed by atoms with Crippen molar-refractivity contribution in [2.75, 3.05) is 0 Å². The number of benzene rings is 2. The highest BCUT2D eigenvalue weighted by Gasteiger charge is 2.08. The van der Waals surface area contributed by atoms with Gasteiger partial charge in [0.05, 0.1) is 16.6 Å². The molecule has 0 amide bonds. The van der Waals surface area contributed by atoms with Crippen LogP contribution in [0, 0.1) is 5.41 Å². The Balaban J connectivity index is 0.00000132. The van der Waals surface area contributed by atoms with Crippen molar-refractivity contribution in [3.63, 3.8) is 0 Å². The molecule has 0 aliphatic rings. The van der Waals surface area contributed by atoms with Gasteiger partial charge in [0, 0.05) is 5.56 Å². The van der Waals surface area contributed by atoms with E-state index in [0.717, 1.165) is 27.6 Å². The summed E-state index contributed by atoms with van der Waals surface area (Å²) in [4.78, 5) is 4.62. The van der Waals surface area contributed by atoms with Crippen LogP contribution < -0.4 is 5.73 Å². The van der Waals surface area contributed by atoms with Crippen LogP contribution in [0.2, 0.25) is 0 Å². The number of halogens is 1. The van der Waals surface area contributed by atoms with Gasteiger partial charge < -0.3 is 5.73 Å². The molecule has 3 N–H and O–H groups in total. The van der Waals surface area contributed by atoms with Gasteiger partial charge in [0.15, 0.2) is 0 Å². The number of nitrogen functional groups attached to an aromatic ring is 1. The molecule has 2 heterocycles. The molecule has 21 heavy (non-hydrogen) atoms. The highest BCUT2D eigenvalue weighted by Crippen LogP contribution is 2.23. The van der Waals surface area contributed by atoms with Crippen molar-refractivity contribution in [3.05, 3.63) is 60.2 Å². The molecular formula is C16H13ClN4. The van der Waals surface area contributed by atoms with Crippen molar-refractivity contribution in [3.8, 4) is 0 Å². The maximum Gasteiger partial charge on any atom is 0.138 e. The molecule has 0 aliphatic carbocycles. The number of hydrogen-bond acceptors (Lipinski definition) is 2. The minimum absolute atomic E-state index is 0. The van der Waals surface area contributed by atoms with E-state index in [0.29, 0.717) is 5.56 Å². The molecule has 4 aromatic rings. The van der Waals surface area contributed by atoms with Crippen molar-refractivity contribution in [2.24, 2.45) is 5.73 Å². The standard InChI is InChI=1S/C16H12N4.ClH/c17-16(18)11-5-7-12-14(9-11)20-13-4-2-1-3-10(13)6-8-15(20)19-12;/h1-9H,(H3,17,18);1H. The quantitative estimate of drug-likeness (QED) is 0.418. The molecule has 0 radical (unpaired) electrons. The highest BCUT2D eigenvalue weighted by molar-refractivity contribution is 5.99. The zero-order chi connectivity index (χ0) is 13.7. The zero-order valence-corrected chi connectivity index (χ0v) is 11.9. The lowest BCUT2D eigenvalue weighted by atomic mass is 10.2. The van der Waals surface area contributed by atoms with Gasteiger partial charge in [0.1, 0.15) is 11.5 Å². The third kappa shape index (κ3) is 1.92. The molecule has 4 nitrogen and oxygen atoms in total. The Labute approximate surface area is 127 Å². The first-order valence-electron chi connectivity index (χ1n) is 6.38. The average molecular weight is 297 g/mol. The van der Waals surface area contributed by atoms with E-state index in [4.69, 9.17) is 11.1 Å². The van der Waals surface area contributed by atoms with Crippen molar-refractivity contribution < 1.29 is 0 Å². The molecule has 0 bridgehead atoms. The molecule has 104 valence electrons. The highest BCUT2D eigenvalue weighted by atomic mass is 35.5. The molecule has 0 spiro atoms. The van der Waals surface area contributed by atoms with Gasteiger partial charge in [0.2, 0.25) is 0 Å². The molecule has 4 rings (SSSR count). The molecule has 0 aliphatic heterocycles. The largest absolute Gasteiger partial charge is 0.384 e. The maximum absolute atomic E-state index is 7.58. The van der Waals surface area contributed by atoms with Gasteiger partial charge in [-0.15, -0.1) is 12.4 Å². The average Bonchev–Trinajstić information content (AvgIpc) is 2.85. The van der Waals surface area contributed by atoms with E-state index < -0.39 is 0 Å². The molecule has 2 aromatic carbocycles. The predicted molar refractivity (Wildman–Crippen MR) is 88.5 cm³/mol. The van der Waals surface area contributed by atoms with E-state index in [1.165, 1.54) is 0 Å². The normalized spacial score (nSPS) is 10.9. The summed E-state index contributed by atoms with van der Waals surface area (Å²) in [7, 11) is 0. The monoisotopic (exact) mass is 296 g/mol. The molecular weight excluding hydrogens is 284 g/mol. The van der Waals surface area contributed by atoms with E-state index >= 15 is 0 Å². The Bertz CT molecular complexity index is 987. The molecule has 0 saturated heterocycles. The van der Waals surface area contributed by atoms with Gasteiger partial charge in [-0.05, 0) is 41.8 Å². The first-order chi connectivity index (χ1) is 9.74. The number of amidine groups is 1. The fourth-order valence-corrected chi connectivity index (χ4v) is 2.62. The number of hydrogen-bond donors (Lipinski definition) is 2. The van der Waals surface area contributed by atoms with Gasteiger partial charge in [-0.3, -0.25) is 9.81 Å². The number of para-hydroxylation sites is 1. The number of nitrogens with zero attached hydrogens (tertiary/aromatic N) is 2. The number of imidazole rings is 1. The first-order valence-corrected chi connectivity index (χ1v) is 6.38. The van der Waals surface area contributed by atoms with Crippen LogP contribution >= 0.6 is 12.4 Å². The summed E-state index contributed by atoms with van der Waals surface area (Å²) in [6, 6.07) is 17.9. The summed E-state index contributed by atoms with van der Waals surface area (Å²) in [6.07, 6.45) is 0. The third-order valence-corrected chi connectivity index (χ3v) is 3.58. The minimum Gasteiger partial charge on any atom is -0.384 e. The Morgan fingerprint density at radius 3 is 2.62 bits per heavy atom. The van der Waals surface area contributed by atoms with Crippen LogP contribution in [0.3, 0.4) is 0 Å². The summed E-state index contributed by atoms with van der Waals surface area (Å²) in [5.74, 6) is 0.0714. The number of pyridine rings is 1. The number of nitrogens with two attached hydrogens (primary N) is 1. The Morgan fingerprint density at radius 2 is 1.81 bits per heavy atom. The topological polar surface area (TPSA) is 67.2 Å². The van der Waals surface area contributed by atoms with Gasteiger partial charge in [0.25, 0.3) is 0 Å². The number of rotatable bonds is 1. The second-order valence-corrected chi connectivity index (χ2v) is 4.81.